The topological polar surface area (TPSA) is 26.3 Å². The van der Waals surface area contributed by atoms with Crippen molar-refractivity contribution >= 4 is 5.78 Å². The van der Waals surface area contributed by atoms with Crippen LogP contribution >= 0.6 is 0 Å². The maximum atomic E-state index is 12.4. The Bertz CT molecular complexity index is 306. The second-order valence-corrected chi connectivity index (χ2v) is 6.30. The fourth-order valence-corrected chi connectivity index (χ4v) is 1.74. The molecule has 0 fully saturated rings. The number of hydrogen-bond acceptors (Lipinski definition) is 2. The van der Waals surface area contributed by atoms with Gasteiger partial charge in [0.1, 0.15) is 5.60 Å². The van der Waals surface area contributed by atoms with E-state index in [0.717, 1.165) is 12.8 Å². The fraction of sp³-hybridized carbons (Fsp3) is 0.929. The third-order valence-electron chi connectivity index (χ3n) is 3.67. The smallest absolute Gasteiger partial charge is 0.367 e. The fourth-order valence-electron chi connectivity index (χ4n) is 1.74. The first-order valence-corrected chi connectivity index (χ1v) is 6.60. The molecule has 0 amide bonds. The molecule has 0 saturated heterocycles. The Labute approximate surface area is 113 Å². The molecule has 0 aromatic heterocycles. The van der Waals surface area contributed by atoms with Crippen LogP contribution in [-0.4, -0.2) is 24.2 Å². The zero-order chi connectivity index (χ0) is 15.5. The molecule has 0 aliphatic carbocycles. The molecule has 0 spiro atoms. The summed E-state index contributed by atoms with van der Waals surface area (Å²) in [7, 11) is 0. The van der Waals surface area contributed by atoms with E-state index in [0.29, 0.717) is 5.92 Å². The van der Waals surface area contributed by atoms with Gasteiger partial charge in [-0.15, -0.1) is 0 Å². The maximum Gasteiger partial charge on any atom is 0.453 e. The van der Waals surface area contributed by atoms with Gasteiger partial charge in [-0.25, -0.2) is 0 Å². The van der Waals surface area contributed by atoms with Crippen molar-refractivity contribution in [2.45, 2.75) is 66.2 Å². The second-order valence-electron chi connectivity index (χ2n) is 6.30. The Hall–Kier alpha value is -0.580. The van der Waals surface area contributed by atoms with E-state index < -0.39 is 17.6 Å². The Kier molecular flexibility index (Phi) is 6.06. The van der Waals surface area contributed by atoms with E-state index in [1.54, 1.807) is 0 Å². The van der Waals surface area contributed by atoms with Crippen LogP contribution in [0.4, 0.5) is 13.2 Å². The van der Waals surface area contributed by atoms with Gasteiger partial charge in [0, 0.05) is 0 Å². The third kappa shape index (κ3) is 5.51. The van der Waals surface area contributed by atoms with Gasteiger partial charge in [0.15, 0.2) is 0 Å². The number of carbonyl (C=O) groups excluding carboxylic acids is 1. The Morgan fingerprint density at radius 3 is 2.00 bits per heavy atom. The van der Waals surface area contributed by atoms with Gasteiger partial charge < -0.3 is 4.74 Å². The number of hydrogen-bond donors (Lipinski definition) is 0. The van der Waals surface area contributed by atoms with Crippen LogP contribution in [0.2, 0.25) is 0 Å². The molecule has 0 aromatic carbocycles. The van der Waals surface area contributed by atoms with Crippen LogP contribution in [0, 0.1) is 11.3 Å². The summed E-state index contributed by atoms with van der Waals surface area (Å²) in [6.07, 6.45) is -2.87. The molecule has 19 heavy (non-hydrogen) atoms. The van der Waals surface area contributed by atoms with Crippen molar-refractivity contribution in [2.24, 2.45) is 11.3 Å². The molecule has 0 radical (unpaired) electrons. The number of Topliss-reactive ketones (excluding diaryl/α,β-unsaturated/α-hetero) is 1. The summed E-state index contributed by atoms with van der Waals surface area (Å²) in [6, 6.07) is 0. The summed E-state index contributed by atoms with van der Waals surface area (Å²) in [6.45, 7) is 10.5. The summed E-state index contributed by atoms with van der Waals surface area (Å²) in [5.41, 5.74) is -2.10. The Balaban J connectivity index is 4.66. The van der Waals surface area contributed by atoms with E-state index in [1.165, 1.54) is 13.8 Å². The Morgan fingerprint density at radius 2 is 1.63 bits per heavy atom. The van der Waals surface area contributed by atoms with Crippen molar-refractivity contribution in [3.05, 3.63) is 0 Å². The molecular formula is C14H25F3O2. The zero-order valence-electron chi connectivity index (χ0n) is 12.6. The molecule has 0 rings (SSSR count). The molecular weight excluding hydrogens is 257 g/mol. The highest BCUT2D eigenvalue weighted by atomic mass is 19.4. The standard InChI is InChI=1S/C14H25F3O2/c1-7-8-10(2)12(3,4)9-19-13(5,6)11(18)14(15,16)17/h10H,7-9H2,1-6H3/t10-/m1/s1. The molecule has 1 atom stereocenters. The first kappa shape index (κ1) is 18.4. The van der Waals surface area contributed by atoms with E-state index in [1.807, 2.05) is 20.8 Å². The minimum atomic E-state index is -4.86. The van der Waals surface area contributed by atoms with Crippen LogP contribution in [0.5, 0.6) is 0 Å². The van der Waals surface area contributed by atoms with Crippen molar-refractivity contribution in [1.82, 2.24) is 0 Å². The lowest BCUT2D eigenvalue weighted by Crippen LogP contribution is -2.46. The lowest BCUT2D eigenvalue weighted by molar-refractivity contribution is -0.194. The number of carbonyl (C=O) groups is 1. The minimum absolute atomic E-state index is 0.128. The van der Waals surface area contributed by atoms with Gasteiger partial charge in [0.05, 0.1) is 6.61 Å². The number of alkyl halides is 3. The molecule has 0 aromatic rings. The average molecular weight is 282 g/mol. The lowest BCUT2D eigenvalue weighted by Gasteiger charge is -2.35. The van der Waals surface area contributed by atoms with Gasteiger partial charge in [-0.2, -0.15) is 13.2 Å². The van der Waals surface area contributed by atoms with E-state index in [9.17, 15) is 18.0 Å². The summed E-state index contributed by atoms with van der Waals surface area (Å²) in [4.78, 5) is 11.2. The lowest BCUT2D eigenvalue weighted by atomic mass is 9.78. The van der Waals surface area contributed by atoms with E-state index in [4.69, 9.17) is 4.74 Å². The highest BCUT2D eigenvalue weighted by Crippen LogP contribution is 2.33. The van der Waals surface area contributed by atoms with Gasteiger partial charge in [0.25, 0.3) is 5.78 Å². The molecule has 114 valence electrons. The van der Waals surface area contributed by atoms with Crippen molar-refractivity contribution in [1.29, 1.82) is 0 Å². The van der Waals surface area contributed by atoms with Crippen LogP contribution in [0.15, 0.2) is 0 Å². The number of ketones is 1. The molecule has 0 bridgehead atoms. The highest BCUT2D eigenvalue weighted by molar-refractivity contribution is 5.91. The van der Waals surface area contributed by atoms with Crippen LogP contribution in [0.3, 0.4) is 0 Å². The Morgan fingerprint density at radius 1 is 1.16 bits per heavy atom. The van der Waals surface area contributed by atoms with Crippen LogP contribution in [0.25, 0.3) is 0 Å². The van der Waals surface area contributed by atoms with Gasteiger partial charge in [-0.05, 0) is 25.2 Å². The largest absolute Gasteiger partial charge is 0.453 e. The second kappa shape index (κ2) is 6.25. The summed E-state index contributed by atoms with van der Waals surface area (Å²) >= 11 is 0. The summed E-state index contributed by atoms with van der Waals surface area (Å²) in [5, 5.41) is 0. The predicted molar refractivity (Wildman–Crippen MR) is 68.9 cm³/mol. The normalized spacial score (nSPS) is 15.4. The molecule has 0 aliphatic rings. The number of halogens is 3. The number of rotatable bonds is 7. The number of ether oxygens (including phenoxy) is 1. The quantitative estimate of drug-likeness (QED) is 0.693. The summed E-state index contributed by atoms with van der Waals surface area (Å²) in [5.74, 6) is -1.52. The third-order valence-corrected chi connectivity index (χ3v) is 3.67. The molecule has 0 heterocycles. The molecule has 0 aliphatic heterocycles. The SMILES string of the molecule is CCC[C@@H](C)C(C)(C)COC(C)(C)C(=O)C(F)(F)F. The molecule has 2 nitrogen and oxygen atoms in total. The van der Waals surface area contributed by atoms with Crippen LogP contribution < -0.4 is 0 Å². The first-order valence-electron chi connectivity index (χ1n) is 6.60. The van der Waals surface area contributed by atoms with Gasteiger partial charge in [0.2, 0.25) is 0 Å². The predicted octanol–water partition coefficient (Wildman–Crippen LogP) is 4.38. The van der Waals surface area contributed by atoms with Crippen LogP contribution in [0.1, 0.15) is 54.4 Å². The monoisotopic (exact) mass is 282 g/mol. The van der Waals surface area contributed by atoms with E-state index in [-0.39, 0.29) is 12.0 Å². The van der Waals surface area contributed by atoms with Crippen molar-refractivity contribution in [2.75, 3.05) is 6.61 Å². The molecule has 0 unspecified atom stereocenters. The van der Waals surface area contributed by atoms with Crippen molar-refractivity contribution in [3.8, 4) is 0 Å². The van der Waals surface area contributed by atoms with Gasteiger partial charge >= 0.3 is 6.18 Å². The highest BCUT2D eigenvalue weighted by Gasteiger charge is 2.49. The maximum absolute atomic E-state index is 12.4. The molecule has 5 heteroatoms. The van der Waals surface area contributed by atoms with Gasteiger partial charge in [-0.1, -0.05) is 40.5 Å². The van der Waals surface area contributed by atoms with E-state index >= 15 is 0 Å². The van der Waals surface area contributed by atoms with Crippen molar-refractivity contribution < 1.29 is 22.7 Å². The first-order chi connectivity index (χ1) is 8.34. The van der Waals surface area contributed by atoms with Crippen LogP contribution in [-0.2, 0) is 9.53 Å². The molecule has 0 N–H and O–H groups in total. The van der Waals surface area contributed by atoms with E-state index in [2.05, 4.69) is 6.92 Å². The summed E-state index contributed by atoms with van der Waals surface area (Å²) < 4.78 is 42.5. The molecule has 0 saturated carbocycles. The zero-order valence-corrected chi connectivity index (χ0v) is 12.6. The van der Waals surface area contributed by atoms with Crippen molar-refractivity contribution in [3.63, 3.8) is 0 Å². The minimum Gasteiger partial charge on any atom is -0.367 e. The average Bonchev–Trinajstić information content (AvgIpc) is 2.25. The van der Waals surface area contributed by atoms with Gasteiger partial charge in [-0.3, -0.25) is 4.79 Å².